The number of carboxylic acid groups (broad SMARTS) is 1. The Balaban J connectivity index is 0. The van der Waals surface area contributed by atoms with Gasteiger partial charge in [-0.15, -0.1) is 0 Å². The van der Waals surface area contributed by atoms with Gasteiger partial charge in [0.25, 0.3) is 0 Å². The van der Waals surface area contributed by atoms with E-state index >= 15 is 0 Å². The van der Waals surface area contributed by atoms with Crippen LogP contribution in [-0.4, -0.2) is 79.3 Å². The maximum atomic E-state index is 10.3. The number of hydrogen-bond donors (Lipinski definition) is 7. The minimum absolute atomic E-state index is 0.344. The van der Waals surface area contributed by atoms with Gasteiger partial charge < -0.3 is 35.7 Å². The van der Waals surface area contributed by atoms with E-state index in [0.717, 1.165) is 12.8 Å². The number of aliphatic hydroxyl groups excluding tert-OH is 6. The maximum absolute atomic E-state index is 10.3. The summed E-state index contributed by atoms with van der Waals surface area (Å²) in [4.78, 5) is 10.3. The number of aliphatic hydroxyl groups is 6. The van der Waals surface area contributed by atoms with Gasteiger partial charge in [0.15, 0.2) is 0 Å². The highest BCUT2D eigenvalue weighted by Crippen LogP contribution is 2.11. The molecule has 0 saturated heterocycles. The Morgan fingerprint density at radius 1 is 0.643 bits per heavy atom. The maximum Gasteiger partial charge on any atom is 0.303 e. The zero-order chi connectivity index (χ0) is 21.8. The van der Waals surface area contributed by atoms with Crippen LogP contribution in [-0.2, 0) is 4.79 Å². The van der Waals surface area contributed by atoms with Gasteiger partial charge in [0, 0.05) is 6.42 Å². The Kier molecular flexibility index (Phi) is 22.0. The average Bonchev–Trinajstić information content (AvgIpc) is 2.69. The molecule has 0 rings (SSSR count). The molecule has 0 bridgehead atoms. The van der Waals surface area contributed by atoms with Crippen LogP contribution in [0.3, 0.4) is 0 Å². The lowest BCUT2D eigenvalue weighted by atomic mass is 10.0. The predicted molar refractivity (Wildman–Crippen MR) is 107 cm³/mol. The molecule has 4 unspecified atom stereocenters. The zero-order valence-corrected chi connectivity index (χ0v) is 17.2. The van der Waals surface area contributed by atoms with Crippen molar-refractivity contribution in [2.75, 3.05) is 13.2 Å². The van der Waals surface area contributed by atoms with Gasteiger partial charge >= 0.3 is 5.97 Å². The summed E-state index contributed by atoms with van der Waals surface area (Å²) >= 11 is 0. The van der Waals surface area contributed by atoms with Crippen molar-refractivity contribution in [3.05, 3.63) is 0 Å². The van der Waals surface area contributed by atoms with Crippen molar-refractivity contribution in [2.24, 2.45) is 0 Å². The van der Waals surface area contributed by atoms with E-state index in [9.17, 15) is 4.79 Å². The summed E-state index contributed by atoms with van der Waals surface area (Å²) in [6.07, 6.45) is 7.97. The molecule has 0 aliphatic heterocycles. The van der Waals surface area contributed by atoms with E-state index in [1.54, 1.807) is 0 Å². The molecule has 4 atom stereocenters. The highest BCUT2D eigenvalue weighted by molar-refractivity contribution is 5.66. The first-order valence-corrected chi connectivity index (χ1v) is 10.5. The van der Waals surface area contributed by atoms with Crippen LogP contribution in [0, 0.1) is 0 Å². The fraction of sp³-hybridized carbons (Fsp3) is 0.950. The van der Waals surface area contributed by atoms with E-state index in [4.69, 9.17) is 35.7 Å². The molecule has 8 nitrogen and oxygen atoms in total. The van der Waals surface area contributed by atoms with Crippen molar-refractivity contribution < 1.29 is 40.5 Å². The first-order chi connectivity index (χ1) is 13.3. The lowest BCUT2D eigenvalue weighted by Crippen LogP contribution is -2.46. The van der Waals surface area contributed by atoms with Crippen LogP contribution in [0.25, 0.3) is 0 Å². The van der Waals surface area contributed by atoms with E-state index in [-0.39, 0.29) is 0 Å². The average molecular weight is 411 g/mol. The van der Waals surface area contributed by atoms with Crippen molar-refractivity contribution in [3.63, 3.8) is 0 Å². The highest BCUT2D eigenvalue weighted by Gasteiger charge is 2.29. The van der Waals surface area contributed by atoms with Crippen LogP contribution in [0.4, 0.5) is 0 Å². The molecule has 0 amide bonds. The summed E-state index contributed by atoms with van der Waals surface area (Å²) in [6, 6.07) is 0. The fourth-order valence-corrected chi connectivity index (χ4v) is 2.61. The van der Waals surface area contributed by atoms with Crippen molar-refractivity contribution in [1.82, 2.24) is 0 Å². The molecule has 0 fully saturated rings. The van der Waals surface area contributed by atoms with Crippen LogP contribution in [0.5, 0.6) is 0 Å². The summed E-state index contributed by atoms with van der Waals surface area (Å²) in [7, 11) is 0. The second-order valence-electron chi connectivity index (χ2n) is 7.16. The van der Waals surface area contributed by atoms with Gasteiger partial charge in [-0.1, -0.05) is 71.1 Å². The molecular formula is C20H42O8. The van der Waals surface area contributed by atoms with Gasteiger partial charge in [-0.3, -0.25) is 4.79 Å². The first kappa shape index (κ1) is 29.4. The molecule has 0 radical (unpaired) electrons. The molecule has 0 aliphatic carbocycles. The Hall–Kier alpha value is -0.770. The van der Waals surface area contributed by atoms with Gasteiger partial charge in [0.2, 0.25) is 0 Å². The molecule has 0 spiro atoms. The van der Waals surface area contributed by atoms with E-state index in [1.807, 2.05) is 0 Å². The van der Waals surface area contributed by atoms with Crippen molar-refractivity contribution >= 4 is 5.97 Å². The molecule has 0 aromatic rings. The Morgan fingerprint density at radius 2 is 0.964 bits per heavy atom. The quantitative estimate of drug-likeness (QED) is 0.176. The van der Waals surface area contributed by atoms with Gasteiger partial charge in [-0.25, -0.2) is 0 Å². The topological polar surface area (TPSA) is 159 Å². The van der Waals surface area contributed by atoms with Crippen molar-refractivity contribution in [2.45, 2.75) is 108 Å². The van der Waals surface area contributed by atoms with Crippen molar-refractivity contribution in [1.29, 1.82) is 0 Å². The molecule has 8 heteroatoms. The lowest BCUT2D eigenvalue weighted by Gasteiger charge is -2.24. The minimum Gasteiger partial charge on any atom is -0.481 e. The van der Waals surface area contributed by atoms with Crippen LogP contribution < -0.4 is 0 Å². The Morgan fingerprint density at radius 3 is 1.25 bits per heavy atom. The number of aliphatic carboxylic acids is 1. The monoisotopic (exact) mass is 410 g/mol. The normalized spacial score (nSPS) is 15.2. The fourth-order valence-electron chi connectivity index (χ4n) is 2.61. The summed E-state index contributed by atoms with van der Waals surface area (Å²) in [5.41, 5.74) is 0. The van der Waals surface area contributed by atoms with Gasteiger partial charge in [-0.05, 0) is 6.42 Å². The molecule has 170 valence electrons. The lowest BCUT2D eigenvalue weighted by molar-refractivity contribution is -0.137. The first-order valence-electron chi connectivity index (χ1n) is 10.5. The third-order valence-corrected chi connectivity index (χ3v) is 4.51. The summed E-state index contributed by atoms with van der Waals surface area (Å²) in [5.74, 6) is -0.657. The van der Waals surface area contributed by atoms with E-state index in [0.29, 0.717) is 6.42 Å². The molecule has 0 aliphatic rings. The van der Waals surface area contributed by atoms with E-state index < -0.39 is 43.6 Å². The number of rotatable bonds is 17. The van der Waals surface area contributed by atoms with Crippen LogP contribution >= 0.6 is 0 Å². The van der Waals surface area contributed by atoms with Gasteiger partial charge in [0.1, 0.15) is 24.4 Å². The summed E-state index contributed by atoms with van der Waals surface area (Å²) in [5, 5.41) is 60.6. The van der Waals surface area contributed by atoms with Crippen molar-refractivity contribution in [3.8, 4) is 0 Å². The minimum atomic E-state index is -1.67. The molecule has 28 heavy (non-hydrogen) atoms. The zero-order valence-electron chi connectivity index (χ0n) is 17.2. The number of carboxylic acids is 1. The number of unbranched alkanes of at least 4 members (excludes halogenated alkanes) is 10. The number of carbonyl (C=O) groups is 1. The van der Waals surface area contributed by atoms with Gasteiger partial charge in [-0.2, -0.15) is 0 Å². The van der Waals surface area contributed by atoms with Crippen LogP contribution in [0.2, 0.25) is 0 Å². The second kappa shape index (κ2) is 21.0. The van der Waals surface area contributed by atoms with E-state index in [2.05, 4.69) is 6.92 Å². The summed E-state index contributed by atoms with van der Waals surface area (Å²) < 4.78 is 0. The van der Waals surface area contributed by atoms with E-state index in [1.165, 1.54) is 57.8 Å². The number of hydrogen-bond acceptors (Lipinski definition) is 7. The van der Waals surface area contributed by atoms with Crippen LogP contribution in [0.15, 0.2) is 0 Å². The Bertz CT molecular complexity index is 326. The molecular weight excluding hydrogens is 368 g/mol. The summed E-state index contributed by atoms with van der Waals surface area (Å²) in [6.45, 7) is 0.796. The smallest absolute Gasteiger partial charge is 0.303 e. The van der Waals surface area contributed by atoms with Gasteiger partial charge in [0.05, 0.1) is 13.2 Å². The Labute approximate surface area is 168 Å². The third-order valence-electron chi connectivity index (χ3n) is 4.51. The molecule has 0 aromatic heterocycles. The molecule has 0 heterocycles. The van der Waals surface area contributed by atoms with Crippen LogP contribution in [0.1, 0.15) is 84.0 Å². The largest absolute Gasteiger partial charge is 0.481 e. The molecule has 0 saturated carbocycles. The molecule has 0 aromatic carbocycles. The SMILES string of the molecule is CCCCCCCCCCCCCC(=O)O.OCC(O)C(O)C(O)C(O)CO. The predicted octanol–water partition coefficient (Wildman–Crippen LogP) is 1.19. The highest BCUT2D eigenvalue weighted by atomic mass is 16.4. The standard InChI is InChI=1S/C14H28O2.C6H14O6/c1-2-3-4-5-6-7-8-9-10-11-12-13-14(15)16;7-1-3(9)5(11)6(12)4(10)2-8/h2-13H2,1H3,(H,15,16);3-12H,1-2H2. The third kappa shape index (κ3) is 18.6. The molecule has 7 N–H and O–H groups in total. The second-order valence-corrected chi connectivity index (χ2v) is 7.16.